The van der Waals surface area contributed by atoms with Gasteiger partial charge in [0.05, 0.1) is 23.9 Å². The zero-order valence-corrected chi connectivity index (χ0v) is 18.7. The van der Waals surface area contributed by atoms with Crippen LogP contribution in [0, 0.1) is 13.8 Å². The first kappa shape index (κ1) is 23.1. The summed E-state index contributed by atoms with van der Waals surface area (Å²) in [6, 6.07) is 16.3. The number of anilines is 2. The number of aryl methyl sites for hydroxylation is 2. The molecule has 1 N–H and O–H groups in total. The molecule has 3 aromatic rings. The lowest BCUT2D eigenvalue weighted by Crippen LogP contribution is -2.32. The molecule has 0 bridgehead atoms. The van der Waals surface area contributed by atoms with E-state index in [0.717, 1.165) is 28.2 Å². The minimum atomic E-state index is -4.55. The number of ether oxygens (including phenoxy) is 1. The van der Waals surface area contributed by atoms with Crippen molar-refractivity contribution in [2.75, 3.05) is 17.3 Å². The summed E-state index contributed by atoms with van der Waals surface area (Å²) < 4.78 is 44.8. The van der Waals surface area contributed by atoms with Gasteiger partial charge in [0.25, 0.3) is 11.8 Å². The van der Waals surface area contributed by atoms with Gasteiger partial charge in [-0.3, -0.25) is 9.59 Å². The zero-order chi connectivity index (χ0) is 24.6. The molecule has 5 nitrogen and oxygen atoms in total. The van der Waals surface area contributed by atoms with E-state index in [1.807, 2.05) is 19.9 Å². The fraction of sp³-hybridized carbons (Fsp3) is 0.154. The van der Waals surface area contributed by atoms with E-state index in [9.17, 15) is 22.8 Å². The summed E-state index contributed by atoms with van der Waals surface area (Å²) in [5, 5.41) is 2.78. The van der Waals surface area contributed by atoms with Gasteiger partial charge in [-0.05, 0) is 73.0 Å². The molecule has 8 heteroatoms. The molecule has 0 saturated carbocycles. The number of methoxy groups -OCH3 is 1. The summed E-state index contributed by atoms with van der Waals surface area (Å²) >= 11 is 0. The van der Waals surface area contributed by atoms with Gasteiger partial charge in [-0.2, -0.15) is 13.2 Å². The largest absolute Gasteiger partial charge is 0.497 e. The number of hydrogen-bond donors (Lipinski definition) is 1. The van der Waals surface area contributed by atoms with Gasteiger partial charge in [0.15, 0.2) is 0 Å². The first-order valence-corrected chi connectivity index (χ1v) is 10.4. The van der Waals surface area contributed by atoms with Crippen LogP contribution in [-0.4, -0.2) is 18.9 Å². The number of imide groups is 1. The second kappa shape index (κ2) is 8.70. The summed E-state index contributed by atoms with van der Waals surface area (Å²) in [6.45, 7) is 3.70. The molecule has 1 aliphatic rings. The van der Waals surface area contributed by atoms with Crippen LogP contribution in [0.15, 0.2) is 72.4 Å². The number of carbonyl (C=O) groups excluding carboxylic acids is 2. The number of nitrogens with zero attached hydrogens (tertiary/aromatic N) is 1. The number of hydrogen-bond acceptors (Lipinski definition) is 4. The van der Waals surface area contributed by atoms with E-state index in [1.54, 1.807) is 36.4 Å². The molecule has 2 amide bonds. The standard InChI is InChI=1S/C26H21F3N2O3/c1-15-11-16(2)13-20(12-15)31-24(32)22(17-7-9-21(34-3)10-8-17)23(25(31)33)30-19-6-4-5-18(14-19)26(27,28)29/h4-14,30H,1-3H3. The summed E-state index contributed by atoms with van der Waals surface area (Å²) in [5.74, 6) is -0.674. The predicted octanol–water partition coefficient (Wildman–Crippen LogP) is 5.73. The lowest BCUT2D eigenvalue weighted by molar-refractivity contribution is -0.137. The summed E-state index contributed by atoms with van der Waals surface area (Å²) in [7, 11) is 1.50. The summed E-state index contributed by atoms with van der Waals surface area (Å²) in [6.07, 6.45) is -4.55. The second-order valence-corrected chi connectivity index (χ2v) is 7.97. The average molecular weight is 466 g/mol. The zero-order valence-electron chi connectivity index (χ0n) is 18.7. The lowest BCUT2D eigenvalue weighted by Gasteiger charge is -2.17. The molecule has 0 unspecified atom stereocenters. The highest BCUT2D eigenvalue weighted by atomic mass is 19.4. The third-order valence-electron chi connectivity index (χ3n) is 5.39. The number of carbonyl (C=O) groups is 2. The van der Waals surface area contributed by atoms with Gasteiger partial charge >= 0.3 is 6.18 Å². The van der Waals surface area contributed by atoms with Crippen LogP contribution in [0.5, 0.6) is 5.75 Å². The fourth-order valence-corrected chi connectivity index (χ4v) is 3.90. The maximum Gasteiger partial charge on any atom is 0.416 e. The molecule has 0 atom stereocenters. The van der Waals surface area contributed by atoms with E-state index in [1.165, 1.54) is 19.2 Å². The molecule has 1 aliphatic heterocycles. The van der Waals surface area contributed by atoms with Crippen LogP contribution in [0.2, 0.25) is 0 Å². The molecule has 0 aliphatic carbocycles. The van der Waals surface area contributed by atoms with Crippen LogP contribution >= 0.6 is 0 Å². The van der Waals surface area contributed by atoms with E-state index in [-0.39, 0.29) is 17.0 Å². The Kier molecular flexibility index (Phi) is 5.91. The van der Waals surface area contributed by atoms with E-state index >= 15 is 0 Å². The highest BCUT2D eigenvalue weighted by Crippen LogP contribution is 2.36. The van der Waals surface area contributed by atoms with Gasteiger partial charge in [0.2, 0.25) is 0 Å². The van der Waals surface area contributed by atoms with Gasteiger partial charge in [0.1, 0.15) is 11.4 Å². The molecule has 0 saturated heterocycles. The maximum atomic E-state index is 13.5. The molecular formula is C26H21F3N2O3. The van der Waals surface area contributed by atoms with Crippen LogP contribution in [0.3, 0.4) is 0 Å². The number of halogens is 3. The predicted molar refractivity (Wildman–Crippen MR) is 123 cm³/mol. The Balaban J connectivity index is 1.83. The summed E-state index contributed by atoms with van der Waals surface area (Å²) in [4.78, 5) is 28.0. The van der Waals surface area contributed by atoms with E-state index < -0.39 is 23.6 Å². The Bertz CT molecular complexity index is 1290. The Morgan fingerprint density at radius 1 is 0.853 bits per heavy atom. The first-order valence-electron chi connectivity index (χ1n) is 10.4. The van der Waals surface area contributed by atoms with Gasteiger partial charge in [-0.15, -0.1) is 0 Å². The molecule has 174 valence electrons. The molecule has 0 spiro atoms. The van der Waals surface area contributed by atoms with Crippen LogP contribution < -0.4 is 15.0 Å². The van der Waals surface area contributed by atoms with E-state index in [2.05, 4.69) is 5.32 Å². The monoisotopic (exact) mass is 466 g/mol. The molecule has 0 fully saturated rings. The Morgan fingerprint density at radius 3 is 2.09 bits per heavy atom. The Morgan fingerprint density at radius 2 is 1.50 bits per heavy atom. The minimum Gasteiger partial charge on any atom is -0.497 e. The fourth-order valence-electron chi connectivity index (χ4n) is 3.90. The van der Waals surface area contributed by atoms with Gasteiger partial charge in [-0.1, -0.05) is 24.3 Å². The molecule has 0 aromatic heterocycles. The van der Waals surface area contributed by atoms with Crippen molar-refractivity contribution in [2.45, 2.75) is 20.0 Å². The minimum absolute atomic E-state index is 0.0410. The Labute approximate surface area is 194 Å². The number of rotatable bonds is 5. The van der Waals surface area contributed by atoms with Crippen LogP contribution in [0.25, 0.3) is 5.57 Å². The van der Waals surface area contributed by atoms with Crippen molar-refractivity contribution in [1.82, 2.24) is 0 Å². The number of alkyl halides is 3. The second-order valence-electron chi connectivity index (χ2n) is 7.97. The van der Waals surface area contributed by atoms with Gasteiger partial charge in [0, 0.05) is 5.69 Å². The Hall–Kier alpha value is -4.07. The third kappa shape index (κ3) is 4.39. The van der Waals surface area contributed by atoms with Crippen LogP contribution in [0.1, 0.15) is 22.3 Å². The van der Waals surface area contributed by atoms with Crippen molar-refractivity contribution in [3.63, 3.8) is 0 Å². The number of nitrogens with one attached hydrogen (secondary N) is 1. The molecule has 0 radical (unpaired) electrons. The molecular weight excluding hydrogens is 445 g/mol. The highest BCUT2D eigenvalue weighted by molar-refractivity contribution is 6.46. The molecule has 3 aromatic carbocycles. The molecule has 4 rings (SSSR count). The van der Waals surface area contributed by atoms with Crippen molar-refractivity contribution in [2.24, 2.45) is 0 Å². The van der Waals surface area contributed by atoms with Crippen molar-refractivity contribution in [3.05, 3.63) is 94.7 Å². The quantitative estimate of drug-likeness (QED) is 0.488. The SMILES string of the molecule is COc1ccc(C2=C(Nc3cccc(C(F)(F)F)c3)C(=O)N(c3cc(C)cc(C)c3)C2=O)cc1. The van der Waals surface area contributed by atoms with Crippen LogP contribution in [0.4, 0.5) is 24.5 Å². The number of benzene rings is 3. The van der Waals surface area contributed by atoms with Crippen molar-refractivity contribution in [1.29, 1.82) is 0 Å². The van der Waals surface area contributed by atoms with Gasteiger partial charge < -0.3 is 10.1 Å². The normalized spacial score (nSPS) is 14.1. The third-order valence-corrected chi connectivity index (χ3v) is 5.39. The molecule has 34 heavy (non-hydrogen) atoms. The average Bonchev–Trinajstić information content (AvgIpc) is 3.02. The van der Waals surface area contributed by atoms with Gasteiger partial charge in [-0.25, -0.2) is 4.90 Å². The van der Waals surface area contributed by atoms with E-state index in [4.69, 9.17) is 4.74 Å². The highest BCUT2D eigenvalue weighted by Gasteiger charge is 2.40. The summed E-state index contributed by atoms with van der Waals surface area (Å²) in [5.41, 5.74) is 1.67. The first-order chi connectivity index (χ1) is 16.1. The van der Waals surface area contributed by atoms with E-state index in [0.29, 0.717) is 17.0 Å². The van der Waals surface area contributed by atoms with Crippen molar-refractivity contribution >= 4 is 28.8 Å². The van der Waals surface area contributed by atoms with Crippen LogP contribution in [-0.2, 0) is 15.8 Å². The molecule has 1 heterocycles. The van der Waals surface area contributed by atoms with Crippen molar-refractivity contribution < 1.29 is 27.5 Å². The topological polar surface area (TPSA) is 58.6 Å². The smallest absolute Gasteiger partial charge is 0.416 e. The van der Waals surface area contributed by atoms with Crippen molar-refractivity contribution in [3.8, 4) is 5.75 Å². The maximum absolute atomic E-state index is 13.5. The number of amides is 2. The lowest BCUT2D eigenvalue weighted by atomic mass is 10.0.